The van der Waals surface area contributed by atoms with Gasteiger partial charge >= 0.3 is 0 Å². The van der Waals surface area contributed by atoms with Crippen LogP contribution in [0.15, 0.2) is 54.6 Å². The van der Waals surface area contributed by atoms with Crippen molar-refractivity contribution in [3.05, 3.63) is 65.9 Å². The number of benzene rings is 2. The quantitative estimate of drug-likeness (QED) is 0.463. The van der Waals surface area contributed by atoms with Gasteiger partial charge in [0.2, 0.25) is 11.8 Å². The lowest BCUT2D eigenvalue weighted by atomic mass is 10.1. The molecule has 1 aromatic heterocycles. The van der Waals surface area contributed by atoms with Crippen LogP contribution in [-0.4, -0.2) is 48.0 Å². The highest BCUT2D eigenvalue weighted by atomic mass is 16.5. The van der Waals surface area contributed by atoms with Crippen molar-refractivity contribution >= 4 is 5.91 Å². The Morgan fingerprint density at radius 3 is 2.31 bits per heavy atom. The lowest BCUT2D eigenvalue weighted by Gasteiger charge is -2.25. The molecular formula is C25H31N3O4. The molecule has 2 aromatic carbocycles. The Morgan fingerprint density at radius 2 is 1.69 bits per heavy atom. The van der Waals surface area contributed by atoms with Crippen LogP contribution in [0.5, 0.6) is 17.4 Å². The molecule has 7 heteroatoms. The molecule has 0 spiro atoms. The van der Waals surface area contributed by atoms with E-state index >= 15 is 0 Å². The molecule has 0 bridgehead atoms. The number of aromatic nitrogens is 2. The van der Waals surface area contributed by atoms with E-state index < -0.39 is 0 Å². The molecule has 3 aromatic rings. The highest BCUT2D eigenvalue weighted by Gasteiger charge is 2.25. The summed E-state index contributed by atoms with van der Waals surface area (Å²) >= 11 is 0. The number of aryl methyl sites for hydroxylation is 1. The first-order valence-corrected chi connectivity index (χ1v) is 10.7. The third-order valence-electron chi connectivity index (χ3n) is 5.13. The van der Waals surface area contributed by atoms with Crippen LogP contribution in [0.2, 0.25) is 0 Å². The zero-order chi connectivity index (χ0) is 23.1. The minimum atomic E-state index is -0.130. The average Bonchev–Trinajstić information content (AvgIpc) is 3.11. The lowest BCUT2D eigenvalue weighted by molar-refractivity contribution is -0.135. The van der Waals surface area contributed by atoms with E-state index in [0.29, 0.717) is 37.1 Å². The van der Waals surface area contributed by atoms with E-state index in [1.807, 2.05) is 75.4 Å². The summed E-state index contributed by atoms with van der Waals surface area (Å²) in [5, 5.41) is 4.75. The normalized spacial score (nSPS) is 10.9. The maximum atomic E-state index is 12.9. The molecule has 1 heterocycles. The van der Waals surface area contributed by atoms with Crippen LogP contribution in [0, 0.1) is 12.8 Å². The second-order valence-corrected chi connectivity index (χ2v) is 7.78. The largest absolute Gasteiger partial charge is 0.493 e. The summed E-state index contributed by atoms with van der Waals surface area (Å²) in [6.45, 7) is 7.02. The fourth-order valence-corrected chi connectivity index (χ4v) is 3.40. The predicted octanol–water partition coefficient (Wildman–Crippen LogP) is 4.61. The first-order chi connectivity index (χ1) is 15.5. The standard InChI is InChI=1S/C25H31N3O4/c1-18(2)24(29)27(15-16-30-4)17-21-19(3)26-28(20-11-7-6-8-12-20)25(21)32-23-14-10-9-13-22(23)31-5/h6-14,18H,15-17H2,1-5H3. The predicted molar refractivity (Wildman–Crippen MR) is 124 cm³/mol. The fraction of sp³-hybridized carbons (Fsp3) is 0.360. The van der Waals surface area contributed by atoms with E-state index in [9.17, 15) is 4.79 Å². The topological polar surface area (TPSA) is 65.8 Å². The molecule has 0 aliphatic rings. The Morgan fingerprint density at radius 1 is 1.03 bits per heavy atom. The highest BCUT2D eigenvalue weighted by Crippen LogP contribution is 2.36. The van der Waals surface area contributed by atoms with E-state index in [1.54, 1.807) is 23.8 Å². The van der Waals surface area contributed by atoms with E-state index in [1.165, 1.54) is 0 Å². The van der Waals surface area contributed by atoms with Gasteiger partial charge in [-0.15, -0.1) is 0 Å². The molecule has 0 unspecified atom stereocenters. The summed E-state index contributed by atoms with van der Waals surface area (Å²) in [7, 11) is 3.24. The number of rotatable bonds is 10. The van der Waals surface area contributed by atoms with Crippen molar-refractivity contribution < 1.29 is 19.0 Å². The number of para-hydroxylation sites is 3. The number of hydrogen-bond donors (Lipinski definition) is 0. The lowest BCUT2D eigenvalue weighted by Crippen LogP contribution is -2.36. The maximum absolute atomic E-state index is 12.9. The first-order valence-electron chi connectivity index (χ1n) is 10.7. The number of amides is 1. The molecule has 3 rings (SSSR count). The summed E-state index contributed by atoms with van der Waals surface area (Å²) in [5.41, 5.74) is 2.49. The van der Waals surface area contributed by atoms with Gasteiger partial charge < -0.3 is 19.1 Å². The monoisotopic (exact) mass is 437 g/mol. The Labute approximate surface area is 189 Å². The third-order valence-corrected chi connectivity index (χ3v) is 5.13. The molecule has 0 radical (unpaired) electrons. The SMILES string of the molecule is COCCN(Cc1c(C)nn(-c2ccccc2)c1Oc1ccccc1OC)C(=O)C(C)C. The molecule has 7 nitrogen and oxygen atoms in total. The Balaban J connectivity index is 2.08. The zero-order valence-corrected chi connectivity index (χ0v) is 19.4. The van der Waals surface area contributed by atoms with Gasteiger partial charge in [0.15, 0.2) is 11.5 Å². The van der Waals surface area contributed by atoms with Gasteiger partial charge in [0.05, 0.1) is 37.2 Å². The van der Waals surface area contributed by atoms with Crippen molar-refractivity contribution in [2.75, 3.05) is 27.4 Å². The first kappa shape index (κ1) is 23.3. The van der Waals surface area contributed by atoms with Crippen LogP contribution in [-0.2, 0) is 16.1 Å². The van der Waals surface area contributed by atoms with Gasteiger partial charge in [-0.2, -0.15) is 5.10 Å². The van der Waals surface area contributed by atoms with Crippen molar-refractivity contribution in [2.24, 2.45) is 5.92 Å². The van der Waals surface area contributed by atoms with Gasteiger partial charge in [-0.1, -0.05) is 44.2 Å². The van der Waals surface area contributed by atoms with Gasteiger partial charge in [0.25, 0.3) is 0 Å². The summed E-state index contributed by atoms with van der Waals surface area (Å²) in [5.74, 6) is 1.67. The third kappa shape index (κ3) is 5.29. The fourth-order valence-electron chi connectivity index (χ4n) is 3.40. The summed E-state index contributed by atoms with van der Waals surface area (Å²) in [6.07, 6.45) is 0. The van der Waals surface area contributed by atoms with Gasteiger partial charge in [0, 0.05) is 19.6 Å². The van der Waals surface area contributed by atoms with Gasteiger partial charge in [0.1, 0.15) is 0 Å². The van der Waals surface area contributed by atoms with Crippen molar-refractivity contribution in [1.82, 2.24) is 14.7 Å². The Hall–Kier alpha value is -3.32. The Kier molecular flexibility index (Phi) is 7.89. The number of ether oxygens (including phenoxy) is 3. The molecule has 0 aliphatic heterocycles. The summed E-state index contributed by atoms with van der Waals surface area (Å²) in [6, 6.07) is 17.3. The van der Waals surface area contributed by atoms with Gasteiger partial charge in [-0.25, -0.2) is 4.68 Å². The molecule has 0 aliphatic carbocycles. The second-order valence-electron chi connectivity index (χ2n) is 7.78. The summed E-state index contributed by atoms with van der Waals surface area (Å²) < 4.78 is 18.9. The van der Waals surface area contributed by atoms with Crippen LogP contribution in [0.25, 0.3) is 5.69 Å². The van der Waals surface area contributed by atoms with Gasteiger partial charge in [-0.05, 0) is 31.2 Å². The highest BCUT2D eigenvalue weighted by molar-refractivity contribution is 5.78. The molecule has 0 saturated carbocycles. The molecule has 0 N–H and O–H groups in total. The van der Waals surface area contributed by atoms with E-state index in [2.05, 4.69) is 0 Å². The number of methoxy groups -OCH3 is 2. The van der Waals surface area contributed by atoms with Gasteiger partial charge in [-0.3, -0.25) is 4.79 Å². The smallest absolute Gasteiger partial charge is 0.228 e. The minimum absolute atomic E-state index is 0.0529. The molecule has 0 fully saturated rings. The maximum Gasteiger partial charge on any atom is 0.228 e. The number of carbonyl (C=O) groups is 1. The molecule has 0 saturated heterocycles. The van der Waals surface area contributed by atoms with Crippen molar-refractivity contribution in [2.45, 2.75) is 27.3 Å². The van der Waals surface area contributed by atoms with E-state index in [-0.39, 0.29) is 11.8 Å². The molecular weight excluding hydrogens is 406 g/mol. The van der Waals surface area contributed by atoms with Crippen LogP contribution < -0.4 is 9.47 Å². The average molecular weight is 438 g/mol. The van der Waals surface area contributed by atoms with Crippen molar-refractivity contribution in [1.29, 1.82) is 0 Å². The van der Waals surface area contributed by atoms with E-state index in [4.69, 9.17) is 19.3 Å². The van der Waals surface area contributed by atoms with E-state index in [0.717, 1.165) is 16.9 Å². The van der Waals surface area contributed by atoms with Crippen LogP contribution in [0.3, 0.4) is 0 Å². The molecule has 1 amide bonds. The summed E-state index contributed by atoms with van der Waals surface area (Å²) in [4.78, 5) is 14.7. The Bertz CT molecular complexity index is 1030. The second kappa shape index (κ2) is 10.8. The molecule has 32 heavy (non-hydrogen) atoms. The minimum Gasteiger partial charge on any atom is -0.493 e. The number of hydrogen-bond acceptors (Lipinski definition) is 5. The number of nitrogens with zero attached hydrogens (tertiary/aromatic N) is 3. The van der Waals surface area contributed by atoms with Crippen molar-refractivity contribution in [3.63, 3.8) is 0 Å². The number of carbonyl (C=O) groups excluding carboxylic acids is 1. The van der Waals surface area contributed by atoms with Crippen LogP contribution >= 0.6 is 0 Å². The molecule has 0 atom stereocenters. The van der Waals surface area contributed by atoms with Crippen LogP contribution in [0.1, 0.15) is 25.1 Å². The van der Waals surface area contributed by atoms with Crippen molar-refractivity contribution in [3.8, 4) is 23.1 Å². The van der Waals surface area contributed by atoms with Crippen LogP contribution in [0.4, 0.5) is 0 Å². The molecule has 170 valence electrons. The zero-order valence-electron chi connectivity index (χ0n) is 19.4.